The molecule has 3 rings (SSSR count). The SMILES string of the molecule is Cc1ccc(-c2cc(N)n(-c3nc(C)cc(C)n3)n2)cc1. The molecule has 0 bridgehead atoms. The Balaban J connectivity index is 2.07. The first kappa shape index (κ1) is 13.3. The van der Waals surface area contributed by atoms with Crippen LogP contribution in [-0.4, -0.2) is 19.7 Å². The van der Waals surface area contributed by atoms with Crippen LogP contribution in [0.4, 0.5) is 5.82 Å². The minimum atomic E-state index is 0.503. The summed E-state index contributed by atoms with van der Waals surface area (Å²) in [6, 6.07) is 11.9. The van der Waals surface area contributed by atoms with Gasteiger partial charge in [0.15, 0.2) is 0 Å². The molecule has 21 heavy (non-hydrogen) atoms. The molecule has 2 N–H and O–H groups in total. The number of hydrogen-bond acceptors (Lipinski definition) is 4. The Morgan fingerprint density at radius 2 is 1.52 bits per heavy atom. The van der Waals surface area contributed by atoms with Crippen molar-refractivity contribution in [2.75, 3.05) is 5.73 Å². The Hall–Kier alpha value is -2.69. The molecule has 0 unspecified atom stereocenters. The number of rotatable bonds is 2. The molecule has 5 heteroatoms. The summed E-state index contributed by atoms with van der Waals surface area (Å²) >= 11 is 0. The van der Waals surface area contributed by atoms with Crippen LogP contribution in [0, 0.1) is 20.8 Å². The topological polar surface area (TPSA) is 69.6 Å². The van der Waals surface area contributed by atoms with Crippen molar-refractivity contribution >= 4 is 5.82 Å². The van der Waals surface area contributed by atoms with Crippen LogP contribution in [0.2, 0.25) is 0 Å². The predicted molar refractivity (Wildman–Crippen MR) is 83.2 cm³/mol. The Morgan fingerprint density at radius 3 is 2.14 bits per heavy atom. The Kier molecular flexibility index (Phi) is 3.17. The van der Waals surface area contributed by atoms with Gasteiger partial charge in [0, 0.05) is 23.0 Å². The molecule has 0 saturated carbocycles. The summed E-state index contributed by atoms with van der Waals surface area (Å²) in [4.78, 5) is 8.79. The molecule has 3 aromatic rings. The number of nitrogens with zero attached hydrogens (tertiary/aromatic N) is 4. The van der Waals surface area contributed by atoms with E-state index in [9.17, 15) is 0 Å². The predicted octanol–water partition coefficient (Wildman–Crippen LogP) is 2.84. The quantitative estimate of drug-likeness (QED) is 0.783. The van der Waals surface area contributed by atoms with E-state index < -0.39 is 0 Å². The number of anilines is 1. The van der Waals surface area contributed by atoms with Crippen molar-refractivity contribution in [3.8, 4) is 17.2 Å². The van der Waals surface area contributed by atoms with Crippen LogP contribution in [0.25, 0.3) is 17.2 Å². The van der Waals surface area contributed by atoms with Crippen molar-refractivity contribution in [1.82, 2.24) is 19.7 Å². The largest absolute Gasteiger partial charge is 0.383 e. The third kappa shape index (κ3) is 2.63. The zero-order chi connectivity index (χ0) is 15.0. The van der Waals surface area contributed by atoms with E-state index in [1.807, 2.05) is 38.1 Å². The van der Waals surface area contributed by atoms with Crippen molar-refractivity contribution in [3.63, 3.8) is 0 Å². The van der Waals surface area contributed by atoms with Gasteiger partial charge in [-0.3, -0.25) is 0 Å². The van der Waals surface area contributed by atoms with E-state index in [2.05, 4.69) is 34.1 Å². The van der Waals surface area contributed by atoms with E-state index in [1.54, 1.807) is 4.68 Å². The molecule has 1 aromatic carbocycles. The number of aryl methyl sites for hydroxylation is 3. The fourth-order valence-corrected chi connectivity index (χ4v) is 2.22. The number of nitrogen functional groups attached to an aromatic ring is 1. The van der Waals surface area contributed by atoms with E-state index in [-0.39, 0.29) is 0 Å². The third-order valence-corrected chi connectivity index (χ3v) is 3.24. The van der Waals surface area contributed by atoms with Crippen LogP contribution < -0.4 is 5.73 Å². The summed E-state index contributed by atoms with van der Waals surface area (Å²) in [5.41, 5.74) is 10.9. The standard InChI is InChI=1S/C16H17N5/c1-10-4-6-13(7-5-10)14-9-15(17)21(20-14)16-18-11(2)8-12(3)19-16/h4-9H,17H2,1-3H3. The fourth-order valence-electron chi connectivity index (χ4n) is 2.22. The molecule has 0 aliphatic carbocycles. The summed E-state index contributed by atoms with van der Waals surface area (Å²) in [6.45, 7) is 5.91. The molecule has 106 valence electrons. The van der Waals surface area contributed by atoms with Crippen molar-refractivity contribution in [1.29, 1.82) is 0 Å². The van der Waals surface area contributed by atoms with E-state index >= 15 is 0 Å². The van der Waals surface area contributed by atoms with E-state index in [0.29, 0.717) is 11.8 Å². The Morgan fingerprint density at radius 1 is 0.905 bits per heavy atom. The molecule has 0 amide bonds. The highest BCUT2D eigenvalue weighted by Gasteiger charge is 2.11. The summed E-state index contributed by atoms with van der Waals surface area (Å²) in [5, 5.41) is 4.53. The number of nitrogens with two attached hydrogens (primary N) is 1. The van der Waals surface area contributed by atoms with Gasteiger partial charge in [-0.25, -0.2) is 9.97 Å². The molecular weight excluding hydrogens is 262 g/mol. The van der Waals surface area contributed by atoms with Crippen LogP contribution >= 0.6 is 0 Å². The van der Waals surface area contributed by atoms with E-state index in [1.165, 1.54) is 5.56 Å². The molecule has 0 atom stereocenters. The maximum absolute atomic E-state index is 6.06. The minimum absolute atomic E-state index is 0.503. The summed E-state index contributed by atoms with van der Waals surface area (Å²) in [6.07, 6.45) is 0. The van der Waals surface area contributed by atoms with Crippen LogP contribution in [0.1, 0.15) is 17.0 Å². The lowest BCUT2D eigenvalue weighted by atomic mass is 10.1. The van der Waals surface area contributed by atoms with Gasteiger partial charge in [-0.05, 0) is 26.8 Å². The van der Waals surface area contributed by atoms with Gasteiger partial charge in [0.2, 0.25) is 0 Å². The van der Waals surface area contributed by atoms with Gasteiger partial charge in [0.05, 0.1) is 5.69 Å². The third-order valence-electron chi connectivity index (χ3n) is 3.24. The van der Waals surface area contributed by atoms with Gasteiger partial charge in [-0.15, -0.1) is 0 Å². The maximum atomic E-state index is 6.06. The van der Waals surface area contributed by atoms with Crippen LogP contribution in [0.15, 0.2) is 36.4 Å². The first-order valence-corrected chi connectivity index (χ1v) is 6.78. The van der Waals surface area contributed by atoms with Crippen molar-refractivity contribution in [2.45, 2.75) is 20.8 Å². The van der Waals surface area contributed by atoms with E-state index in [0.717, 1.165) is 22.6 Å². The molecule has 0 radical (unpaired) electrons. The Labute approximate surface area is 123 Å². The summed E-state index contributed by atoms with van der Waals surface area (Å²) < 4.78 is 1.58. The highest BCUT2D eigenvalue weighted by Crippen LogP contribution is 2.22. The van der Waals surface area contributed by atoms with Crippen molar-refractivity contribution in [3.05, 3.63) is 53.3 Å². The smallest absolute Gasteiger partial charge is 0.252 e. The van der Waals surface area contributed by atoms with Gasteiger partial charge < -0.3 is 5.73 Å². The lowest BCUT2D eigenvalue weighted by Gasteiger charge is -2.04. The second kappa shape index (κ2) is 5.01. The molecule has 2 aromatic heterocycles. The summed E-state index contributed by atoms with van der Waals surface area (Å²) in [7, 11) is 0. The van der Waals surface area contributed by atoms with Gasteiger partial charge in [0.25, 0.3) is 5.95 Å². The van der Waals surface area contributed by atoms with E-state index in [4.69, 9.17) is 5.73 Å². The van der Waals surface area contributed by atoms with Crippen molar-refractivity contribution in [2.24, 2.45) is 0 Å². The van der Waals surface area contributed by atoms with Gasteiger partial charge in [0.1, 0.15) is 5.82 Å². The van der Waals surface area contributed by atoms with Gasteiger partial charge >= 0.3 is 0 Å². The molecule has 0 aliphatic rings. The molecule has 0 saturated heterocycles. The molecule has 2 heterocycles. The van der Waals surface area contributed by atoms with Gasteiger partial charge in [-0.2, -0.15) is 9.78 Å². The monoisotopic (exact) mass is 279 g/mol. The zero-order valence-corrected chi connectivity index (χ0v) is 12.3. The lowest BCUT2D eigenvalue weighted by Crippen LogP contribution is -2.08. The highest BCUT2D eigenvalue weighted by molar-refractivity contribution is 5.63. The van der Waals surface area contributed by atoms with Crippen molar-refractivity contribution < 1.29 is 0 Å². The van der Waals surface area contributed by atoms with Crippen LogP contribution in [0.5, 0.6) is 0 Å². The first-order chi connectivity index (χ1) is 10.0. The number of benzene rings is 1. The second-order valence-electron chi connectivity index (χ2n) is 5.18. The highest BCUT2D eigenvalue weighted by atomic mass is 15.4. The molecule has 0 aliphatic heterocycles. The first-order valence-electron chi connectivity index (χ1n) is 6.78. The summed E-state index contributed by atoms with van der Waals surface area (Å²) in [5.74, 6) is 1.03. The van der Waals surface area contributed by atoms with Crippen LogP contribution in [0.3, 0.4) is 0 Å². The van der Waals surface area contributed by atoms with Gasteiger partial charge in [-0.1, -0.05) is 29.8 Å². The maximum Gasteiger partial charge on any atom is 0.252 e. The second-order valence-corrected chi connectivity index (χ2v) is 5.18. The average Bonchev–Trinajstić information content (AvgIpc) is 2.80. The average molecular weight is 279 g/mol. The molecule has 5 nitrogen and oxygen atoms in total. The number of hydrogen-bond donors (Lipinski definition) is 1. The molecular formula is C16H17N5. The van der Waals surface area contributed by atoms with Crippen LogP contribution in [-0.2, 0) is 0 Å². The Bertz CT molecular complexity index is 767. The normalized spacial score (nSPS) is 10.8. The number of aromatic nitrogens is 4. The molecule has 0 fully saturated rings. The molecule has 0 spiro atoms. The fraction of sp³-hybridized carbons (Fsp3) is 0.188. The zero-order valence-electron chi connectivity index (χ0n) is 12.3. The minimum Gasteiger partial charge on any atom is -0.383 e. The lowest BCUT2D eigenvalue weighted by molar-refractivity contribution is 0.805.